The predicted molar refractivity (Wildman–Crippen MR) is 70.8 cm³/mol. The van der Waals surface area contributed by atoms with Gasteiger partial charge in [0.05, 0.1) is 12.7 Å². The normalized spacial score (nSPS) is 12.4. The van der Waals surface area contributed by atoms with Crippen LogP contribution in [-0.4, -0.2) is 0 Å². The summed E-state index contributed by atoms with van der Waals surface area (Å²) in [6.07, 6.45) is -0.110. The molecule has 0 aromatic heterocycles. The van der Waals surface area contributed by atoms with Gasteiger partial charge in [-0.25, -0.2) is 4.39 Å². The van der Waals surface area contributed by atoms with E-state index in [2.05, 4.69) is 0 Å². The Morgan fingerprint density at radius 1 is 1.11 bits per heavy atom. The van der Waals surface area contributed by atoms with Crippen molar-refractivity contribution in [1.29, 1.82) is 0 Å². The Morgan fingerprint density at radius 3 is 2.56 bits per heavy atom. The molecule has 0 aliphatic rings. The van der Waals surface area contributed by atoms with Crippen LogP contribution < -0.4 is 0 Å². The molecule has 0 bridgehead atoms. The number of hydrogen-bond donors (Lipinski definition) is 0. The first-order valence-electron chi connectivity index (χ1n) is 6.08. The molecule has 0 aliphatic heterocycles. The Morgan fingerprint density at radius 2 is 1.83 bits per heavy atom. The largest absolute Gasteiger partial charge is 0.369 e. The molecule has 0 aliphatic carbocycles. The summed E-state index contributed by atoms with van der Waals surface area (Å²) >= 11 is 0. The van der Waals surface area contributed by atoms with Crippen LogP contribution in [0.15, 0.2) is 48.5 Å². The van der Waals surface area contributed by atoms with E-state index < -0.39 is 0 Å². The summed E-state index contributed by atoms with van der Waals surface area (Å²) in [5, 5.41) is 0. The molecular weight excluding hydrogens is 227 g/mol. The Bertz CT molecular complexity index is 508. The summed E-state index contributed by atoms with van der Waals surface area (Å²) in [4.78, 5) is 0. The Hall–Kier alpha value is -1.67. The van der Waals surface area contributed by atoms with Gasteiger partial charge in [-0.15, -0.1) is 0 Å². The molecule has 0 amide bonds. The fourth-order valence-electron chi connectivity index (χ4n) is 1.93. The van der Waals surface area contributed by atoms with Crippen LogP contribution in [0.4, 0.5) is 4.39 Å². The van der Waals surface area contributed by atoms with Gasteiger partial charge < -0.3 is 4.74 Å². The molecule has 1 nitrogen and oxygen atoms in total. The van der Waals surface area contributed by atoms with E-state index in [9.17, 15) is 4.39 Å². The number of halogens is 1. The third kappa shape index (κ3) is 3.17. The minimum atomic E-state index is -0.217. The predicted octanol–water partition coefficient (Wildman–Crippen LogP) is 4.41. The summed E-state index contributed by atoms with van der Waals surface area (Å²) in [7, 11) is 0. The van der Waals surface area contributed by atoms with Crippen LogP contribution >= 0.6 is 0 Å². The van der Waals surface area contributed by atoms with Gasteiger partial charge in [-0.1, -0.05) is 36.4 Å². The van der Waals surface area contributed by atoms with E-state index in [-0.39, 0.29) is 11.9 Å². The van der Waals surface area contributed by atoms with Crippen molar-refractivity contribution in [3.63, 3.8) is 0 Å². The van der Waals surface area contributed by atoms with Gasteiger partial charge >= 0.3 is 0 Å². The minimum absolute atomic E-state index is 0.110. The first-order valence-corrected chi connectivity index (χ1v) is 6.08. The average Bonchev–Trinajstić information content (AvgIpc) is 2.40. The summed E-state index contributed by atoms with van der Waals surface area (Å²) in [5.41, 5.74) is 3.08. The van der Waals surface area contributed by atoms with Gasteiger partial charge in [-0.05, 0) is 42.7 Å². The minimum Gasteiger partial charge on any atom is -0.369 e. The maximum absolute atomic E-state index is 13.2. The van der Waals surface area contributed by atoms with E-state index in [0.717, 1.165) is 16.7 Å². The van der Waals surface area contributed by atoms with Crippen molar-refractivity contribution in [3.8, 4) is 0 Å². The van der Waals surface area contributed by atoms with E-state index in [1.165, 1.54) is 6.07 Å². The van der Waals surface area contributed by atoms with Crippen LogP contribution in [0.25, 0.3) is 0 Å². The number of ether oxygens (including phenoxy) is 1. The molecule has 0 N–H and O–H groups in total. The first-order chi connectivity index (χ1) is 8.66. The highest BCUT2D eigenvalue weighted by Gasteiger charge is 2.10. The molecule has 2 rings (SSSR count). The maximum Gasteiger partial charge on any atom is 0.123 e. The fraction of sp³-hybridized carbons (Fsp3) is 0.250. The third-order valence-electron chi connectivity index (χ3n) is 3.02. The SMILES string of the molecule is Cc1ccc(F)cc1C(C)OCc1ccccc1. The van der Waals surface area contributed by atoms with Crippen molar-refractivity contribution >= 4 is 0 Å². The molecule has 1 unspecified atom stereocenters. The van der Waals surface area contributed by atoms with E-state index >= 15 is 0 Å². The van der Waals surface area contributed by atoms with E-state index in [1.54, 1.807) is 12.1 Å². The zero-order valence-corrected chi connectivity index (χ0v) is 10.7. The Labute approximate surface area is 107 Å². The van der Waals surface area contributed by atoms with Crippen molar-refractivity contribution in [3.05, 3.63) is 71.0 Å². The van der Waals surface area contributed by atoms with Gasteiger partial charge in [-0.2, -0.15) is 0 Å². The zero-order valence-electron chi connectivity index (χ0n) is 10.7. The molecule has 2 heteroatoms. The maximum atomic E-state index is 13.2. The van der Waals surface area contributed by atoms with Gasteiger partial charge in [0.15, 0.2) is 0 Å². The average molecular weight is 244 g/mol. The zero-order chi connectivity index (χ0) is 13.0. The summed E-state index contributed by atoms with van der Waals surface area (Å²) in [6.45, 7) is 4.46. The number of rotatable bonds is 4. The van der Waals surface area contributed by atoms with Gasteiger partial charge in [0, 0.05) is 0 Å². The van der Waals surface area contributed by atoms with Crippen molar-refractivity contribution < 1.29 is 9.13 Å². The van der Waals surface area contributed by atoms with Crippen LogP contribution in [0.5, 0.6) is 0 Å². The van der Waals surface area contributed by atoms with E-state index in [1.807, 2.05) is 44.2 Å². The second kappa shape index (κ2) is 5.78. The van der Waals surface area contributed by atoms with Crippen LogP contribution in [0, 0.1) is 12.7 Å². The van der Waals surface area contributed by atoms with Gasteiger partial charge in [0.2, 0.25) is 0 Å². The highest BCUT2D eigenvalue weighted by atomic mass is 19.1. The lowest BCUT2D eigenvalue weighted by Gasteiger charge is -2.16. The molecule has 0 fully saturated rings. The molecule has 0 heterocycles. The van der Waals surface area contributed by atoms with Crippen LogP contribution in [-0.2, 0) is 11.3 Å². The molecule has 0 saturated heterocycles. The van der Waals surface area contributed by atoms with E-state index in [4.69, 9.17) is 4.74 Å². The van der Waals surface area contributed by atoms with Crippen LogP contribution in [0.3, 0.4) is 0 Å². The fourth-order valence-corrected chi connectivity index (χ4v) is 1.93. The highest BCUT2D eigenvalue weighted by Crippen LogP contribution is 2.22. The summed E-state index contributed by atoms with van der Waals surface area (Å²) in [5.74, 6) is -0.217. The van der Waals surface area contributed by atoms with Crippen LogP contribution in [0.2, 0.25) is 0 Å². The monoisotopic (exact) mass is 244 g/mol. The Balaban J connectivity index is 2.03. The number of hydrogen-bond acceptors (Lipinski definition) is 1. The summed E-state index contributed by atoms with van der Waals surface area (Å²) < 4.78 is 19.0. The molecule has 0 saturated carbocycles. The molecule has 94 valence electrons. The highest BCUT2D eigenvalue weighted by molar-refractivity contribution is 5.28. The van der Waals surface area contributed by atoms with Crippen molar-refractivity contribution in [2.75, 3.05) is 0 Å². The van der Waals surface area contributed by atoms with Crippen molar-refractivity contribution in [1.82, 2.24) is 0 Å². The quantitative estimate of drug-likeness (QED) is 0.774. The molecule has 0 radical (unpaired) electrons. The smallest absolute Gasteiger partial charge is 0.123 e. The molecule has 18 heavy (non-hydrogen) atoms. The number of benzene rings is 2. The molecule has 2 aromatic rings. The summed E-state index contributed by atoms with van der Waals surface area (Å²) in [6, 6.07) is 14.8. The molecule has 0 spiro atoms. The topological polar surface area (TPSA) is 9.23 Å². The standard InChI is InChI=1S/C16H17FO/c1-12-8-9-15(17)10-16(12)13(2)18-11-14-6-4-3-5-7-14/h3-10,13H,11H2,1-2H3. The van der Waals surface area contributed by atoms with Gasteiger partial charge in [0.25, 0.3) is 0 Å². The number of aryl methyl sites for hydroxylation is 1. The first kappa shape index (κ1) is 12.8. The lowest BCUT2D eigenvalue weighted by molar-refractivity contribution is 0.0519. The van der Waals surface area contributed by atoms with Gasteiger partial charge in [0.1, 0.15) is 5.82 Å². The Kier molecular flexibility index (Phi) is 4.11. The van der Waals surface area contributed by atoms with Crippen molar-refractivity contribution in [2.24, 2.45) is 0 Å². The van der Waals surface area contributed by atoms with Gasteiger partial charge in [-0.3, -0.25) is 0 Å². The van der Waals surface area contributed by atoms with Crippen LogP contribution in [0.1, 0.15) is 29.7 Å². The second-order valence-electron chi connectivity index (χ2n) is 4.44. The molecule has 2 aromatic carbocycles. The van der Waals surface area contributed by atoms with Crippen molar-refractivity contribution in [2.45, 2.75) is 26.6 Å². The lowest BCUT2D eigenvalue weighted by Crippen LogP contribution is -2.03. The second-order valence-corrected chi connectivity index (χ2v) is 4.44. The molecular formula is C16H17FO. The third-order valence-corrected chi connectivity index (χ3v) is 3.02. The lowest BCUT2D eigenvalue weighted by atomic mass is 10.0. The molecule has 1 atom stereocenters. The van der Waals surface area contributed by atoms with E-state index in [0.29, 0.717) is 6.61 Å².